The first kappa shape index (κ1) is 21.3. The van der Waals surface area contributed by atoms with E-state index >= 15 is 0 Å². The van der Waals surface area contributed by atoms with E-state index in [9.17, 15) is 9.59 Å². The largest absolute Gasteiger partial charge is 0.465 e. The first-order valence-electron chi connectivity index (χ1n) is 10.4. The summed E-state index contributed by atoms with van der Waals surface area (Å²) >= 11 is 0. The van der Waals surface area contributed by atoms with Crippen molar-refractivity contribution in [1.82, 2.24) is 9.38 Å². The first-order valence-corrected chi connectivity index (χ1v) is 10.4. The molecule has 32 heavy (non-hydrogen) atoms. The predicted octanol–water partition coefficient (Wildman–Crippen LogP) is 4.89. The molecule has 162 valence electrons. The van der Waals surface area contributed by atoms with Crippen molar-refractivity contribution >= 4 is 23.2 Å². The third-order valence-corrected chi connectivity index (χ3v) is 5.56. The van der Waals surface area contributed by atoms with Gasteiger partial charge in [0.05, 0.1) is 30.5 Å². The summed E-state index contributed by atoms with van der Waals surface area (Å²) in [6.07, 6.45) is 2.08. The van der Waals surface area contributed by atoms with E-state index < -0.39 is 5.97 Å². The van der Waals surface area contributed by atoms with Crippen molar-refractivity contribution in [3.8, 4) is 11.3 Å². The Bertz CT molecular complexity index is 1340. The van der Waals surface area contributed by atoms with Crippen LogP contribution in [0.2, 0.25) is 0 Å². The lowest BCUT2D eigenvalue weighted by molar-refractivity contribution is -0.115. The molecule has 0 bridgehead atoms. The van der Waals surface area contributed by atoms with Gasteiger partial charge in [0.2, 0.25) is 5.91 Å². The van der Waals surface area contributed by atoms with Crippen molar-refractivity contribution in [2.45, 2.75) is 27.2 Å². The molecule has 0 atom stereocenters. The summed E-state index contributed by atoms with van der Waals surface area (Å²) in [6.45, 7) is 6.16. The lowest BCUT2D eigenvalue weighted by Crippen LogP contribution is -2.16. The average Bonchev–Trinajstić information content (AvgIpc) is 3.12. The van der Waals surface area contributed by atoms with Crippen LogP contribution in [0.4, 0.5) is 5.69 Å². The molecular formula is C26H25N3O3. The van der Waals surface area contributed by atoms with Crippen molar-refractivity contribution in [1.29, 1.82) is 0 Å². The third-order valence-electron chi connectivity index (χ3n) is 5.56. The molecule has 0 saturated heterocycles. The predicted molar refractivity (Wildman–Crippen MR) is 125 cm³/mol. The minimum absolute atomic E-state index is 0.134. The molecule has 0 unspecified atom stereocenters. The van der Waals surface area contributed by atoms with E-state index in [1.54, 1.807) is 24.3 Å². The minimum atomic E-state index is -0.449. The molecule has 0 saturated carbocycles. The highest BCUT2D eigenvalue weighted by Gasteiger charge is 2.18. The molecule has 6 nitrogen and oxygen atoms in total. The number of rotatable bonds is 5. The zero-order valence-corrected chi connectivity index (χ0v) is 18.6. The molecule has 0 radical (unpaired) electrons. The van der Waals surface area contributed by atoms with Crippen LogP contribution in [0.5, 0.6) is 0 Å². The van der Waals surface area contributed by atoms with Crippen LogP contribution in [0.15, 0.2) is 60.8 Å². The number of esters is 1. The number of carbonyl (C=O) groups is 2. The number of nitrogens with zero attached hydrogens (tertiary/aromatic N) is 2. The van der Waals surface area contributed by atoms with E-state index in [2.05, 4.69) is 31.3 Å². The molecule has 0 fully saturated rings. The van der Waals surface area contributed by atoms with Crippen LogP contribution in [0.3, 0.4) is 0 Å². The molecule has 2 heterocycles. The quantitative estimate of drug-likeness (QED) is 0.460. The summed E-state index contributed by atoms with van der Waals surface area (Å²) in [7, 11) is 1.33. The molecular weight excluding hydrogens is 402 g/mol. The molecule has 1 N–H and O–H groups in total. The van der Waals surface area contributed by atoms with Crippen LogP contribution in [-0.2, 0) is 16.0 Å². The number of methoxy groups -OCH3 is 1. The van der Waals surface area contributed by atoms with E-state index in [1.807, 2.05) is 35.7 Å². The molecule has 4 aromatic rings. The van der Waals surface area contributed by atoms with E-state index in [1.165, 1.54) is 18.2 Å². The number of hydrogen-bond acceptors (Lipinski definition) is 4. The average molecular weight is 428 g/mol. The Morgan fingerprint density at radius 3 is 2.56 bits per heavy atom. The maximum atomic E-state index is 13.0. The van der Waals surface area contributed by atoms with Gasteiger partial charge in [0.1, 0.15) is 5.65 Å². The molecule has 0 aliphatic heterocycles. The van der Waals surface area contributed by atoms with E-state index in [0.29, 0.717) is 11.3 Å². The van der Waals surface area contributed by atoms with Crippen LogP contribution in [0.25, 0.3) is 16.9 Å². The summed E-state index contributed by atoms with van der Waals surface area (Å²) in [6, 6.07) is 16.9. The van der Waals surface area contributed by atoms with Crippen molar-refractivity contribution in [2.75, 3.05) is 12.4 Å². The van der Waals surface area contributed by atoms with E-state index in [0.717, 1.165) is 28.2 Å². The highest BCUT2D eigenvalue weighted by molar-refractivity contribution is 5.96. The Hall–Kier alpha value is -3.93. The van der Waals surface area contributed by atoms with Crippen LogP contribution >= 0.6 is 0 Å². The third kappa shape index (κ3) is 4.25. The minimum Gasteiger partial charge on any atom is -0.465 e. The van der Waals surface area contributed by atoms with Crippen molar-refractivity contribution in [3.05, 3.63) is 88.7 Å². The highest BCUT2D eigenvalue weighted by atomic mass is 16.5. The zero-order chi connectivity index (χ0) is 22.8. The first-order chi connectivity index (χ1) is 15.4. The number of aryl methyl sites for hydroxylation is 3. The van der Waals surface area contributed by atoms with E-state index in [4.69, 9.17) is 9.72 Å². The number of amides is 1. The molecule has 0 aliphatic carbocycles. The normalized spacial score (nSPS) is 10.9. The monoisotopic (exact) mass is 427 g/mol. The fourth-order valence-corrected chi connectivity index (χ4v) is 3.69. The number of fused-ring (bicyclic) bond motifs is 1. The Balaban J connectivity index is 1.69. The second kappa shape index (κ2) is 8.67. The van der Waals surface area contributed by atoms with Gasteiger partial charge in [-0.3, -0.25) is 4.79 Å². The standard InChI is InChI=1S/C26H25N3O3/c1-16-10-11-29-22(15-24(30)27-21-7-5-6-20(14-21)26(31)32-4)25(28-23(29)12-16)19-9-8-17(2)18(3)13-19/h5-14H,15H2,1-4H3,(H,27,30). The van der Waals surface area contributed by atoms with Gasteiger partial charge in [0.15, 0.2) is 0 Å². The lowest BCUT2D eigenvalue weighted by atomic mass is 10.0. The SMILES string of the molecule is COC(=O)c1cccc(NC(=O)Cc2c(-c3ccc(C)c(C)c3)nc3cc(C)ccn23)c1. The Morgan fingerprint density at radius 2 is 1.81 bits per heavy atom. The summed E-state index contributed by atoms with van der Waals surface area (Å²) < 4.78 is 6.72. The summed E-state index contributed by atoms with van der Waals surface area (Å²) in [5, 5.41) is 2.89. The molecule has 6 heteroatoms. The number of carbonyl (C=O) groups excluding carboxylic acids is 2. The topological polar surface area (TPSA) is 72.7 Å². The fraction of sp³-hybridized carbons (Fsp3) is 0.192. The van der Waals surface area contributed by atoms with E-state index in [-0.39, 0.29) is 12.3 Å². The van der Waals surface area contributed by atoms with Gasteiger partial charge in [-0.25, -0.2) is 9.78 Å². The number of ether oxygens (including phenoxy) is 1. The molecule has 0 spiro atoms. The van der Waals surface area contributed by atoms with Gasteiger partial charge < -0.3 is 14.5 Å². The number of benzene rings is 2. The molecule has 4 rings (SSSR count). The van der Waals surface area contributed by atoms with Gasteiger partial charge in [0.25, 0.3) is 0 Å². The number of nitrogens with one attached hydrogen (secondary N) is 1. The summed E-state index contributed by atoms with van der Waals surface area (Å²) in [5.74, 6) is -0.644. The number of hydrogen-bond donors (Lipinski definition) is 1. The van der Waals surface area contributed by atoms with Gasteiger partial charge >= 0.3 is 5.97 Å². The van der Waals surface area contributed by atoms with Crippen molar-refractivity contribution < 1.29 is 14.3 Å². The zero-order valence-electron chi connectivity index (χ0n) is 18.6. The van der Waals surface area contributed by atoms with Gasteiger partial charge in [0, 0.05) is 17.4 Å². The maximum absolute atomic E-state index is 13.0. The van der Waals surface area contributed by atoms with Crippen LogP contribution in [-0.4, -0.2) is 28.4 Å². The number of pyridine rings is 1. The second-order valence-electron chi connectivity index (χ2n) is 7.94. The number of anilines is 1. The summed E-state index contributed by atoms with van der Waals surface area (Å²) in [4.78, 5) is 29.6. The van der Waals surface area contributed by atoms with Gasteiger partial charge in [-0.05, 0) is 73.9 Å². The fourth-order valence-electron chi connectivity index (χ4n) is 3.69. The Morgan fingerprint density at radius 1 is 1.00 bits per heavy atom. The van der Waals surface area contributed by atoms with Crippen LogP contribution in [0, 0.1) is 20.8 Å². The van der Waals surface area contributed by atoms with Crippen LogP contribution < -0.4 is 5.32 Å². The van der Waals surface area contributed by atoms with Gasteiger partial charge in [-0.2, -0.15) is 0 Å². The number of aromatic nitrogens is 2. The smallest absolute Gasteiger partial charge is 0.337 e. The lowest BCUT2D eigenvalue weighted by Gasteiger charge is -2.09. The molecule has 0 aliphatic rings. The van der Waals surface area contributed by atoms with Gasteiger partial charge in [-0.15, -0.1) is 0 Å². The van der Waals surface area contributed by atoms with Gasteiger partial charge in [-0.1, -0.05) is 18.2 Å². The van der Waals surface area contributed by atoms with Crippen LogP contribution in [0.1, 0.15) is 32.7 Å². The van der Waals surface area contributed by atoms with Crippen molar-refractivity contribution in [2.24, 2.45) is 0 Å². The number of imidazole rings is 1. The second-order valence-corrected chi connectivity index (χ2v) is 7.94. The summed E-state index contributed by atoms with van der Waals surface area (Å²) in [5.41, 5.74) is 7.77. The molecule has 2 aromatic heterocycles. The Kier molecular flexibility index (Phi) is 5.77. The molecule has 1 amide bonds. The maximum Gasteiger partial charge on any atom is 0.337 e. The Labute approximate surface area is 186 Å². The highest BCUT2D eigenvalue weighted by Crippen LogP contribution is 2.27. The molecule has 2 aromatic carbocycles. The van der Waals surface area contributed by atoms with Crippen molar-refractivity contribution in [3.63, 3.8) is 0 Å².